The van der Waals surface area contributed by atoms with E-state index in [1.165, 1.54) is 19.4 Å². The molecule has 2 aromatic rings. The van der Waals surface area contributed by atoms with Gasteiger partial charge in [-0.15, -0.1) is 0 Å². The number of carbonyl (C=O) groups is 1. The summed E-state index contributed by atoms with van der Waals surface area (Å²) in [5, 5.41) is 0. The molecule has 0 radical (unpaired) electrons. The molecule has 98 valence electrons. The lowest BCUT2D eigenvalue weighted by Crippen LogP contribution is -2.02. The van der Waals surface area contributed by atoms with Gasteiger partial charge >= 0.3 is 5.97 Å². The van der Waals surface area contributed by atoms with E-state index in [2.05, 4.69) is 9.72 Å². The van der Waals surface area contributed by atoms with E-state index in [1.54, 1.807) is 18.2 Å². The molecule has 5 nitrogen and oxygen atoms in total. The van der Waals surface area contributed by atoms with Gasteiger partial charge in [0.1, 0.15) is 0 Å². The number of methoxy groups -OCH3 is 1. The monoisotopic (exact) mass is 258 g/mol. The SMILES string of the molecule is COC(=O)c1ccnc(Oc2ccc(C)cc2N)c1. The number of nitrogen functional groups attached to an aromatic ring is 1. The van der Waals surface area contributed by atoms with Gasteiger partial charge in [0.25, 0.3) is 0 Å². The summed E-state index contributed by atoms with van der Waals surface area (Å²) in [4.78, 5) is 15.4. The van der Waals surface area contributed by atoms with E-state index in [0.29, 0.717) is 22.9 Å². The maximum absolute atomic E-state index is 11.4. The Balaban J connectivity index is 2.26. The second-order valence-corrected chi connectivity index (χ2v) is 4.02. The zero-order chi connectivity index (χ0) is 13.8. The summed E-state index contributed by atoms with van der Waals surface area (Å²) >= 11 is 0. The van der Waals surface area contributed by atoms with Gasteiger partial charge in [-0.2, -0.15) is 0 Å². The van der Waals surface area contributed by atoms with Crippen molar-refractivity contribution < 1.29 is 14.3 Å². The van der Waals surface area contributed by atoms with Crippen LogP contribution in [-0.4, -0.2) is 18.1 Å². The molecule has 0 aliphatic rings. The predicted molar refractivity (Wildman–Crippen MR) is 71.2 cm³/mol. The van der Waals surface area contributed by atoms with Crippen molar-refractivity contribution in [3.63, 3.8) is 0 Å². The molecule has 1 aromatic carbocycles. The Labute approximate surface area is 111 Å². The van der Waals surface area contributed by atoms with Crippen molar-refractivity contribution in [2.75, 3.05) is 12.8 Å². The molecule has 0 spiro atoms. The molecule has 0 fully saturated rings. The third kappa shape index (κ3) is 3.01. The molecule has 0 aliphatic carbocycles. The van der Waals surface area contributed by atoms with Gasteiger partial charge < -0.3 is 15.2 Å². The summed E-state index contributed by atoms with van der Waals surface area (Å²) < 4.78 is 10.2. The number of pyridine rings is 1. The molecule has 0 bridgehead atoms. The minimum atomic E-state index is -0.441. The number of ether oxygens (including phenoxy) is 2. The van der Waals surface area contributed by atoms with Crippen LogP contribution in [-0.2, 0) is 4.74 Å². The normalized spacial score (nSPS) is 10.0. The molecule has 5 heteroatoms. The number of aryl methyl sites for hydroxylation is 1. The number of carbonyl (C=O) groups excluding carboxylic acids is 1. The van der Waals surface area contributed by atoms with Gasteiger partial charge in [0.15, 0.2) is 5.75 Å². The fraction of sp³-hybridized carbons (Fsp3) is 0.143. The number of nitrogens with zero attached hydrogens (tertiary/aromatic N) is 1. The molecule has 0 aliphatic heterocycles. The fourth-order valence-electron chi connectivity index (χ4n) is 1.58. The van der Waals surface area contributed by atoms with Crippen molar-refractivity contribution in [1.82, 2.24) is 4.98 Å². The van der Waals surface area contributed by atoms with Crippen molar-refractivity contribution in [2.45, 2.75) is 6.92 Å². The first kappa shape index (κ1) is 12.9. The average molecular weight is 258 g/mol. The van der Waals surface area contributed by atoms with Crippen molar-refractivity contribution in [2.24, 2.45) is 0 Å². The fourth-order valence-corrected chi connectivity index (χ4v) is 1.58. The Morgan fingerprint density at radius 3 is 2.74 bits per heavy atom. The minimum absolute atomic E-state index is 0.290. The molecular formula is C14H14N2O3. The van der Waals surface area contributed by atoms with Crippen molar-refractivity contribution in [1.29, 1.82) is 0 Å². The second-order valence-electron chi connectivity index (χ2n) is 4.02. The number of hydrogen-bond donors (Lipinski definition) is 1. The minimum Gasteiger partial charge on any atom is -0.465 e. The van der Waals surface area contributed by atoms with Crippen molar-refractivity contribution in [3.05, 3.63) is 47.7 Å². The molecule has 0 saturated heterocycles. The van der Waals surface area contributed by atoms with E-state index < -0.39 is 5.97 Å². The number of nitrogens with two attached hydrogens (primary N) is 1. The van der Waals surface area contributed by atoms with E-state index in [9.17, 15) is 4.79 Å². The first-order valence-corrected chi connectivity index (χ1v) is 5.68. The van der Waals surface area contributed by atoms with Gasteiger partial charge in [-0.1, -0.05) is 6.07 Å². The van der Waals surface area contributed by atoms with Crippen LogP contribution in [0.15, 0.2) is 36.5 Å². The van der Waals surface area contributed by atoms with Gasteiger partial charge in [-0.25, -0.2) is 9.78 Å². The molecule has 1 aromatic heterocycles. The Morgan fingerprint density at radius 1 is 1.26 bits per heavy atom. The highest BCUT2D eigenvalue weighted by molar-refractivity contribution is 5.89. The van der Waals surface area contributed by atoms with Gasteiger partial charge in [-0.05, 0) is 30.7 Å². The number of rotatable bonds is 3. The summed E-state index contributed by atoms with van der Waals surface area (Å²) in [5.41, 5.74) is 7.78. The molecular weight excluding hydrogens is 244 g/mol. The quantitative estimate of drug-likeness (QED) is 0.676. The number of benzene rings is 1. The summed E-state index contributed by atoms with van der Waals surface area (Å²) in [6.45, 7) is 1.94. The molecule has 2 N–H and O–H groups in total. The van der Waals surface area contributed by atoms with Gasteiger partial charge in [0, 0.05) is 12.3 Å². The highest BCUT2D eigenvalue weighted by Crippen LogP contribution is 2.27. The largest absolute Gasteiger partial charge is 0.465 e. The lowest BCUT2D eigenvalue weighted by Gasteiger charge is -2.08. The van der Waals surface area contributed by atoms with Gasteiger partial charge in [0.2, 0.25) is 5.88 Å². The van der Waals surface area contributed by atoms with Crippen LogP contribution >= 0.6 is 0 Å². The van der Waals surface area contributed by atoms with Gasteiger partial charge in [0.05, 0.1) is 18.4 Å². The predicted octanol–water partition coefficient (Wildman–Crippen LogP) is 2.55. The van der Waals surface area contributed by atoms with E-state index in [-0.39, 0.29) is 0 Å². The lowest BCUT2D eigenvalue weighted by atomic mass is 10.2. The first-order valence-electron chi connectivity index (χ1n) is 5.68. The first-order chi connectivity index (χ1) is 9.10. The van der Waals surface area contributed by atoms with E-state index in [1.807, 2.05) is 13.0 Å². The number of anilines is 1. The zero-order valence-corrected chi connectivity index (χ0v) is 10.7. The maximum Gasteiger partial charge on any atom is 0.338 e. The average Bonchev–Trinajstić information content (AvgIpc) is 2.41. The highest BCUT2D eigenvalue weighted by Gasteiger charge is 2.09. The van der Waals surface area contributed by atoms with Gasteiger partial charge in [-0.3, -0.25) is 0 Å². The summed E-state index contributed by atoms with van der Waals surface area (Å²) in [6, 6.07) is 8.51. The molecule has 1 heterocycles. The van der Waals surface area contributed by atoms with Crippen LogP contribution in [0.2, 0.25) is 0 Å². The summed E-state index contributed by atoms with van der Waals surface area (Å²) in [5.74, 6) is 0.350. The standard InChI is InChI=1S/C14H14N2O3/c1-9-3-4-12(11(15)7-9)19-13-8-10(5-6-16-13)14(17)18-2/h3-8H,15H2,1-2H3. The third-order valence-corrected chi connectivity index (χ3v) is 2.54. The van der Waals surface area contributed by atoms with Crippen LogP contribution in [0.3, 0.4) is 0 Å². The molecule has 0 unspecified atom stereocenters. The highest BCUT2D eigenvalue weighted by atomic mass is 16.5. The molecule has 2 rings (SSSR count). The van der Waals surface area contributed by atoms with Crippen molar-refractivity contribution >= 4 is 11.7 Å². The number of aromatic nitrogens is 1. The van der Waals surface area contributed by atoms with E-state index >= 15 is 0 Å². The Morgan fingerprint density at radius 2 is 2.05 bits per heavy atom. The number of hydrogen-bond acceptors (Lipinski definition) is 5. The van der Waals surface area contributed by atoms with Crippen LogP contribution < -0.4 is 10.5 Å². The molecule has 0 amide bonds. The van der Waals surface area contributed by atoms with Crippen LogP contribution in [0.25, 0.3) is 0 Å². The van der Waals surface area contributed by atoms with E-state index in [0.717, 1.165) is 5.56 Å². The smallest absolute Gasteiger partial charge is 0.338 e. The molecule has 0 saturated carbocycles. The van der Waals surface area contributed by atoms with E-state index in [4.69, 9.17) is 10.5 Å². The lowest BCUT2D eigenvalue weighted by molar-refractivity contribution is 0.0600. The zero-order valence-electron chi connectivity index (χ0n) is 10.7. The molecule has 0 atom stereocenters. The Kier molecular flexibility index (Phi) is 3.66. The van der Waals surface area contributed by atoms with Crippen LogP contribution in [0.1, 0.15) is 15.9 Å². The van der Waals surface area contributed by atoms with Crippen LogP contribution in [0.4, 0.5) is 5.69 Å². The number of esters is 1. The van der Waals surface area contributed by atoms with Crippen molar-refractivity contribution in [3.8, 4) is 11.6 Å². The third-order valence-electron chi connectivity index (χ3n) is 2.54. The second kappa shape index (κ2) is 5.39. The summed E-state index contributed by atoms with van der Waals surface area (Å²) in [6.07, 6.45) is 1.48. The van der Waals surface area contributed by atoms with Crippen LogP contribution in [0, 0.1) is 6.92 Å². The maximum atomic E-state index is 11.4. The summed E-state index contributed by atoms with van der Waals surface area (Å²) in [7, 11) is 1.32. The Hall–Kier alpha value is -2.56. The topological polar surface area (TPSA) is 74.4 Å². The molecule has 19 heavy (non-hydrogen) atoms. The van der Waals surface area contributed by atoms with Crippen LogP contribution in [0.5, 0.6) is 11.6 Å². The Bertz CT molecular complexity index is 611.